The molecule has 0 fully saturated rings. The lowest BCUT2D eigenvalue weighted by Gasteiger charge is -2.02. The van der Waals surface area contributed by atoms with E-state index < -0.39 is 10.8 Å². The molecule has 8 heteroatoms. The topological polar surface area (TPSA) is 114 Å². The Balaban J connectivity index is 1.62. The summed E-state index contributed by atoms with van der Waals surface area (Å²) in [4.78, 5) is 25.7. The van der Waals surface area contributed by atoms with Crippen LogP contribution < -0.4 is 5.43 Å². The standard InChI is InChI=1S/C18H12N4O4/c23-18(21-19-10-11-8-9-16(26-11)22(24)25)13-5-3-7-15-17(13)12-4-1-2-6-14(12)20-15/h1-10,20H,(H,21,23). The molecule has 26 heavy (non-hydrogen) atoms. The second-order valence-corrected chi connectivity index (χ2v) is 5.53. The molecule has 0 aliphatic carbocycles. The molecule has 2 N–H and O–H groups in total. The number of carbonyl (C=O) groups excluding carboxylic acids is 1. The summed E-state index contributed by atoms with van der Waals surface area (Å²) >= 11 is 0. The first kappa shape index (κ1) is 15.6. The number of furan rings is 1. The van der Waals surface area contributed by atoms with Crippen LogP contribution in [0.4, 0.5) is 5.88 Å². The third-order valence-corrected chi connectivity index (χ3v) is 3.93. The number of carbonyl (C=O) groups is 1. The molecule has 2 aromatic heterocycles. The normalized spacial score (nSPS) is 11.4. The Bertz CT molecular complexity index is 1170. The van der Waals surface area contributed by atoms with Gasteiger partial charge in [-0.2, -0.15) is 5.10 Å². The number of para-hydroxylation sites is 1. The lowest BCUT2D eigenvalue weighted by Crippen LogP contribution is -2.17. The van der Waals surface area contributed by atoms with Gasteiger partial charge in [0.1, 0.15) is 4.92 Å². The molecular formula is C18H12N4O4. The molecule has 2 heterocycles. The summed E-state index contributed by atoms with van der Waals surface area (Å²) in [5.74, 6) is -0.610. The van der Waals surface area contributed by atoms with Gasteiger partial charge in [-0.1, -0.05) is 24.3 Å². The van der Waals surface area contributed by atoms with Crippen LogP contribution in [0.5, 0.6) is 0 Å². The minimum atomic E-state index is -0.645. The Hall–Kier alpha value is -3.94. The van der Waals surface area contributed by atoms with Crippen LogP contribution in [0.1, 0.15) is 16.1 Å². The number of nitrogens with one attached hydrogen (secondary N) is 2. The minimum Gasteiger partial charge on any atom is -0.400 e. The molecular weight excluding hydrogens is 336 g/mol. The van der Waals surface area contributed by atoms with E-state index in [0.717, 1.165) is 21.8 Å². The summed E-state index contributed by atoms with van der Waals surface area (Å²) in [6, 6.07) is 15.7. The van der Waals surface area contributed by atoms with Crippen LogP contribution in [-0.2, 0) is 0 Å². The fourth-order valence-electron chi connectivity index (χ4n) is 2.82. The summed E-state index contributed by atoms with van der Waals surface area (Å²) in [6.07, 6.45) is 1.21. The molecule has 0 saturated carbocycles. The predicted octanol–water partition coefficient (Wildman–Crippen LogP) is 3.59. The Morgan fingerprint density at radius 3 is 2.73 bits per heavy atom. The Morgan fingerprint density at radius 1 is 1.12 bits per heavy atom. The van der Waals surface area contributed by atoms with Gasteiger partial charge in [0.15, 0.2) is 5.76 Å². The molecule has 8 nitrogen and oxygen atoms in total. The molecule has 0 aliphatic heterocycles. The molecule has 0 saturated heterocycles. The van der Waals surface area contributed by atoms with Gasteiger partial charge in [0, 0.05) is 21.8 Å². The molecule has 0 atom stereocenters. The molecule has 0 bridgehead atoms. The van der Waals surface area contributed by atoms with Gasteiger partial charge in [0.05, 0.1) is 17.8 Å². The number of aromatic amines is 1. The minimum absolute atomic E-state index is 0.169. The number of hydrazone groups is 1. The highest BCUT2D eigenvalue weighted by Crippen LogP contribution is 2.28. The van der Waals surface area contributed by atoms with Crippen LogP contribution in [0.15, 0.2) is 64.1 Å². The van der Waals surface area contributed by atoms with E-state index in [1.165, 1.54) is 18.3 Å². The Labute approximate surface area is 146 Å². The third kappa shape index (κ3) is 2.69. The molecule has 1 amide bonds. The Kier molecular flexibility index (Phi) is 3.70. The average molecular weight is 348 g/mol. The zero-order valence-electron chi connectivity index (χ0n) is 13.3. The van der Waals surface area contributed by atoms with E-state index in [1.54, 1.807) is 12.1 Å². The SMILES string of the molecule is O=C(NN=Cc1ccc([N+](=O)[O-])o1)c1cccc2[nH]c3ccccc3c12. The fourth-order valence-corrected chi connectivity index (χ4v) is 2.82. The van der Waals surface area contributed by atoms with Crippen molar-refractivity contribution >= 4 is 39.8 Å². The molecule has 128 valence electrons. The van der Waals surface area contributed by atoms with Crippen molar-refractivity contribution in [2.75, 3.05) is 0 Å². The molecule has 4 rings (SSSR count). The van der Waals surface area contributed by atoms with E-state index >= 15 is 0 Å². The number of benzene rings is 2. The largest absolute Gasteiger partial charge is 0.433 e. The van der Waals surface area contributed by atoms with Crippen molar-refractivity contribution in [2.24, 2.45) is 5.10 Å². The van der Waals surface area contributed by atoms with E-state index in [4.69, 9.17) is 4.42 Å². The number of hydrogen-bond acceptors (Lipinski definition) is 5. The first-order chi connectivity index (χ1) is 12.6. The monoisotopic (exact) mass is 348 g/mol. The highest BCUT2D eigenvalue weighted by Gasteiger charge is 2.14. The number of fused-ring (bicyclic) bond motifs is 3. The fraction of sp³-hybridized carbons (Fsp3) is 0. The number of nitro groups is 1. The maximum Gasteiger partial charge on any atom is 0.433 e. The first-order valence-electron chi connectivity index (χ1n) is 7.70. The van der Waals surface area contributed by atoms with Gasteiger partial charge < -0.3 is 9.40 Å². The zero-order chi connectivity index (χ0) is 18.1. The number of hydrogen-bond donors (Lipinski definition) is 2. The maximum absolute atomic E-state index is 12.5. The van der Waals surface area contributed by atoms with Gasteiger partial charge in [-0.25, -0.2) is 5.43 Å². The average Bonchev–Trinajstić information content (AvgIpc) is 3.25. The van der Waals surface area contributed by atoms with Gasteiger partial charge in [-0.3, -0.25) is 14.9 Å². The summed E-state index contributed by atoms with van der Waals surface area (Å²) in [7, 11) is 0. The van der Waals surface area contributed by atoms with Crippen LogP contribution >= 0.6 is 0 Å². The predicted molar refractivity (Wildman–Crippen MR) is 96.2 cm³/mol. The number of nitrogens with zero attached hydrogens (tertiary/aromatic N) is 2. The smallest absolute Gasteiger partial charge is 0.400 e. The number of H-pyrrole nitrogens is 1. The van der Waals surface area contributed by atoms with Gasteiger partial charge in [-0.15, -0.1) is 0 Å². The van der Waals surface area contributed by atoms with E-state index in [-0.39, 0.29) is 11.6 Å². The second-order valence-electron chi connectivity index (χ2n) is 5.53. The highest BCUT2D eigenvalue weighted by molar-refractivity contribution is 6.17. The summed E-state index contributed by atoms with van der Waals surface area (Å²) in [5, 5.41) is 16.1. The van der Waals surface area contributed by atoms with Gasteiger partial charge in [0.2, 0.25) is 0 Å². The van der Waals surface area contributed by atoms with E-state index in [0.29, 0.717) is 5.56 Å². The molecule has 0 spiro atoms. The molecule has 4 aromatic rings. The lowest BCUT2D eigenvalue weighted by molar-refractivity contribution is -0.402. The van der Waals surface area contributed by atoms with Crippen LogP contribution in [0.25, 0.3) is 21.8 Å². The number of aromatic nitrogens is 1. The molecule has 0 radical (unpaired) electrons. The number of rotatable bonds is 4. The van der Waals surface area contributed by atoms with Crippen molar-refractivity contribution in [3.63, 3.8) is 0 Å². The summed E-state index contributed by atoms with van der Waals surface area (Å²) < 4.78 is 4.94. The first-order valence-corrected chi connectivity index (χ1v) is 7.70. The van der Waals surface area contributed by atoms with Crippen molar-refractivity contribution in [2.45, 2.75) is 0 Å². The van der Waals surface area contributed by atoms with Crippen LogP contribution in [0.3, 0.4) is 0 Å². The second kappa shape index (κ2) is 6.17. The van der Waals surface area contributed by atoms with Crippen molar-refractivity contribution in [3.05, 3.63) is 76.0 Å². The quantitative estimate of drug-likeness (QED) is 0.333. The van der Waals surface area contributed by atoms with Gasteiger partial charge >= 0.3 is 5.88 Å². The van der Waals surface area contributed by atoms with Crippen LogP contribution in [-0.4, -0.2) is 22.0 Å². The summed E-state index contributed by atoms with van der Waals surface area (Å²) in [5.41, 5.74) is 4.68. The zero-order valence-corrected chi connectivity index (χ0v) is 13.3. The van der Waals surface area contributed by atoms with E-state index in [1.807, 2.05) is 30.3 Å². The number of amides is 1. The van der Waals surface area contributed by atoms with Crippen molar-refractivity contribution in [1.82, 2.24) is 10.4 Å². The van der Waals surface area contributed by atoms with Crippen molar-refractivity contribution in [1.29, 1.82) is 0 Å². The van der Waals surface area contributed by atoms with E-state index in [2.05, 4.69) is 15.5 Å². The summed E-state index contributed by atoms with van der Waals surface area (Å²) in [6.45, 7) is 0. The van der Waals surface area contributed by atoms with Crippen LogP contribution in [0, 0.1) is 10.1 Å². The molecule has 0 aliphatic rings. The van der Waals surface area contributed by atoms with Crippen LogP contribution in [0.2, 0.25) is 0 Å². The van der Waals surface area contributed by atoms with Gasteiger partial charge in [0.25, 0.3) is 5.91 Å². The van der Waals surface area contributed by atoms with Crippen molar-refractivity contribution < 1.29 is 14.1 Å². The molecule has 0 unspecified atom stereocenters. The maximum atomic E-state index is 12.5. The lowest BCUT2D eigenvalue weighted by atomic mass is 10.1. The van der Waals surface area contributed by atoms with Gasteiger partial charge in [-0.05, 0) is 24.3 Å². The molecule has 2 aromatic carbocycles. The highest BCUT2D eigenvalue weighted by atomic mass is 16.6. The third-order valence-electron chi connectivity index (χ3n) is 3.93. The Morgan fingerprint density at radius 2 is 1.92 bits per heavy atom. The van der Waals surface area contributed by atoms with E-state index in [9.17, 15) is 14.9 Å². The van der Waals surface area contributed by atoms with Crippen molar-refractivity contribution in [3.8, 4) is 0 Å².